The minimum absolute atomic E-state index is 0.0230. The van der Waals surface area contributed by atoms with E-state index in [4.69, 9.17) is 4.42 Å². The average Bonchev–Trinajstić information content (AvgIpc) is 2.70. The van der Waals surface area contributed by atoms with Gasteiger partial charge in [-0.3, -0.25) is 4.79 Å². The van der Waals surface area contributed by atoms with Gasteiger partial charge in [-0.05, 0) is 48.9 Å². The molecule has 0 unspecified atom stereocenters. The predicted octanol–water partition coefficient (Wildman–Crippen LogP) is 4.76. The van der Waals surface area contributed by atoms with Crippen molar-refractivity contribution in [1.82, 2.24) is 4.98 Å². The second kappa shape index (κ2) is 7.44. The Morgan fingerprint density at radius 2 is 1.89 bits per heavy atom. The highest BCUT2D eigenvalue weighted by atomic mass is 19.1. The standard InChI is InChI=1S/C22H16FN3O2/c1-14-9-10-18(17(23)12-14)25-22-16(13-15-6-2-3-7-19(15)28-22)21(27)26-20-8-4-5-11-24-20/h2-13H,1H3,(H,24,26,27). The van der Waals surface area contributed by atoms with Crippen LogP contribution in [0.4, 0.5) is 15.9 Å². The summed E-state index contributed by atoms with van der Waals surface area (Å²) in [6, 6.07) is 18.8. The summed E-state index contributed by atoms with van der Waals surface area (Å²) >= 11 is 0. The maximum absolute atomic E-state index is 14.3. The second-order valence-electron chi connectivity index (χ2n) is 6.24. The molecule has 6 heteroatoms. The lowest BCUT2D eigenvalue weighted by Crippen LogP contribution is -2.22. The van der Waals surface area contributed by atoms with Crippen LogP contribution in [0.2, 0.25) is 0 Å². The van der Waals surface area contributed by atoms with Gasteiger partial charge in [-0.25, -0.2) is 14.4 Å². The molecular weight excluding hydrogens is 357 g/mol. The molecule has 2 heterocycles. The van der Waals surface area contributed by atoms with E-state index in [9.17, 15) is 9.18 Å². The van der Waals surface area contributed by atoms with E-state index < -0.39 is 11.7 Å². The number of para-hydroxylation sites is 1. The first-order valence-electron chi connectivity index (χ1n) is 8.66. The molecule has 138 valence electrons. The molecule has 0 saturated heterocycles. The highest BCUT2D eigenvalue weighted by Gasteiger charge is 2.14. The highest BCUT2D eigenvalue weighted by Crippen LogP contribution is 2.19. The van der Waals surface area contributed by atoms with Gasteiger partial charge in [0.1, 0.15) is 28.5 Å². The molecule has 0 saturated carbocycles. The van der Waals surface area contributed by atoms with Gasteiger partial charge >= 0.3 is 0 Å². The number of anilines is 1. The summed E-state index contributed by atoms with van der Waals surface area (Å²) in [7, 11) is 0. The molecule has 5 nitrogen and oxygen atoms in total. The molecule has 0 radical (unpaired) electrons. The Morgan fingerprint density at radius 3 is 2.68 bits per heavy atom. The number of carbonyl (C=O) groups excluding carboxylic acids is 1. The molecule has 0 bridgehead atoms. The van der Waals surface area contributed by atoms with Crippen molar-refractivity contribution in [1.29, 1.82) is 0 Å². The zero-order valence-corrected chi connectivity index (χ0v) is 15.0. The lowest BCUT2D eigenvalue weighted by atomic mass is 10.1. The number of pyridine rings is 1. The van der Waals surface area contributed by atoms with Crippen LogP contribution >= 0.6 is 0 Å². The van der Waals surface area contributed by atoms with Crippen LogP contribution in [0.15, 0.2) is 82.3 Å². The average molecular weight is 373 g/mol. The van der Waals surface area contributed by atoms with Gasteiger partial charge in [-0.15, -0.1) is 0 Å². The maximum atomic E-state index is 14.3. The number of amides is 1. The monoisotopic (exact) mass is 373 g/mol. The number of aryl methyl sites for hydroxylation is 1. The van der Waals surface area contributed by atoms with E-state index in [-0.39, 0.29) is 16.8 Å². The van der Waals surface area contributed by atoms with E-state index in [2.05, 4.69) is 15.3 Å². The third-order valence-electron chi connectivity index (χ3n) is 4.13. The molecule has 0 atom stereocenters. The van der Waals surface area contributed by atoms with Gasteiger partial charge in [0.2, 0.25) is 5.55 Å². The van der Waals surface area contributed by atoms with E-state index in [1.54, 1.807) is 55.6 Å². The number of halogens is 1. The topological polar surface area (TPSA) is 67.5 Å². The number of fused-ring (bicyclic) bond motifs is 1. The molecule has 2 aromatic heterocycles. The van der Waals surface area contributed by atoms with Crippen molar-refractivity contribution in [2.24, 2.45) is 4.99 Å². The van der Waals surface area contributed by atoms with Gasteiger partial charge in [-0.2, -0.15) is 0 Å². The minimum Gasteiger partial charge on any atom is -0.438 e. The summed E-state index contributed by atoms with van der Waals surface area (Å²) < 4.78 is 20.1. The first-order valence-corrected chi connectivity index (χ1v) is 8.66. The number of carbonyl (C=O) groups is 1. The van der Waals surface area contributed by atoms with Gasteiger partial charge in [0.25, 0.3) is 5.91 Å². The molecule has 0 aliphatic carbocycles. The lowest BCUT2D eigenvalue weighted by Gasteiger charge is -2.06. The molecule has 4 aromatic rings. The fraction of sp³-hybridized carbons (Fsp3) is 0.0455. The van der Waals surface area contributed by atoms with Crippen molar-refractivity contribution in [3.05, 3.63) is 95.4 Å². The molecule has 0 aliphatic heterocycles. The number of rotatable bonds is 3. The molecule has 28 heavy (non-hydrogen) atoms. The number of nitrogens with zero attached hydrogens (tertiary/aromatic N) is 2. The quantitative estimate of drug-likeness (QED) is 0.563. The van der Waals surface area contributed by atoms with Gasteiger partial charge in [0.15, 0.2) is 0 Å². The van der Waals surface area contributed by atoms with Crippen LogP contribution in [0, 0.1) is 12.7 Å². The molecule has 1 amide bonds. The van der Waals surface area contributed by atoms with E-state index in [1.165, 1.54) is 6.07 Å². The van der Waals surface area contributed by atoms with Crippen molar-refractivity contribution in [3.63, 3.8) is 0 Å². The van der Waals surface area contributed by atoms with Crippen LogP contribution in [0.3, 0.4) is 0 Å². The van der Waals surface area contributed by atoms with Crippen LogP contribution in [0.5, 0.6) is 0 Å². The van der Waals surface area contributed by atoms with Crippen molar-refractivity contribution in [2.75, 3.05) is 5.32 Å². The summed E-state index contributed by atoms with van der Waals surface area (Å²) in [6.45, 7) is 1.79. The van der Waals surface area contributed by atoms with E-state index in [0.717, 1.165) is 10.9 Å². The predicted molar refractivity (Wildman–Crippen MR) is 105 cm³/mol. The second-order valence-corrected chi connectivity index (χ2v) is 6.24. The summed E-state index contributed by atoms with van der Waals surface area (Å²) in [6.07, 6.45) is 1.58. The molecule has 2 aromatic carbocycles. The van der Waals surface area contributed by atoms with Crippen LogP contribution in [-0.2, 0) is 0 Å². The Bertz CT molecular complexity index is 1230. The Kier molecular flexibility index (Phi) is 4.68. The van der Waals surface area contributed by atoms with Crippen LogP contribution < -0.4 is 10.9 Å². The minimum atomic E-state index is -0.487. The van der Waals surface area contributed by atoms with Gasteiger partial charge in [0.05, 0.1) is 0 Å². The molecular formula is C22H16FN3O2. The van der Waals surface area contributed by atoms with Crippen LogP contribution in [-0.4, -0.2) is 10.9 Å². The number of hydrogen-bond acceptors (Lipinski definition) is 4. The van der Waals surface area contributed by atoms with Gasteiger partial charge in [0, 0.05) is 11.6 Å². The van der Waals surface area contributed by atoms with Crippen molar-refractivity contribution >= 4 is 28.4 Å². The number of hydrogen-bond donors (Lipinski definition) is 1. The SMILES string of the molecule is Cc1ccc(N=c2oc3ccccc3cc2C(=O)Nc2ccccn2)c(F)c1. The Labute approximate surface area is 160 Å². The molecule has 1 N–H and O–H groups in total. The summed E-state index contributed by atoms with van der Waals surface area (Å²) in [5.74, 6) is -0.535. The maximum Gasteiger partial charge on any atom is 0.262 e. The number of aromatic nitrogens is 1. The largest absolute Gasteiger partial charge is 0.438 e. The molecule has 4 rings (SSSR count). The third kappa shape index (κ3) is 3.66. The van der Waals surface area contributed by atoms with Crippen molar-refractivity contribution in [3.8, 4) is 0 Å². The van der Waals surface area contributed by atoms with E-state index >= 15 is 0 Å². The molecule has 0 aliphatic rings. The van der Waals surface area contributed by atoms with Crippen molar-refractivity contribution in [2.45, 2.75) is 6.92 Å². The first kappa shape index (κ1) is 17.6. The molecule has 0 spiro atoms. The Hall–Kier alpha value is -3.80. The zero-order valence-electron chi connectivity index (χ0n) is 15.0. The Balaban J connectivity index is 1.87. The summed E-state index contributed by atoms with van der Waals surface area (Å²) in [5.41, 5.74) is 1.62. The smallest absolute Gasteiger partial charge is 0.262 e. The van der Waals surface area contributed by atoms with Crippen molar-refractivity contribution < 1.29 is 13.6 Å². The van der Waals surface area contributed by atoms with Gasteiger partial charge < -0.3 is 9.73 Å². The van der Waals surface area contributed by atoms with Gasteiger partial charge in [-0.1, -0.05) is 30.3 Å². The fourth-order valence-corrected chi connectivity index (χ4v) is 2.75. The van der Waals surface area contributed by atoms with E-state index in [0.29, 0.717) is 11.4 Å². The zero-order chi connectivity index (χ0) is 19.5. The summed E-state index contributed by atoms with van der Waals surface area (Å²) in [4.78, 5) is 21.2. The number of benzene rings is 2. The fourth-order valence-electron chi connectivity index (χ4n) is 2.75. The lowest BCUT2D eigenvalue weighted by molar-refractivity contribution is 0.102. The number of nitrogens with one attached hydrogen (secondary N) is 1. The summed E-state index contributed by atoms with van der Waals surface area (Å²) in [5, 5.41) is 3.44. The van der Waals surface area contributed by atoms with Crippen LogP contribution in [0.25, 0.3) is 11.0 Å². The third-order valence-corrected chi connectivity index (χ3v) is 4.13. The normalized spacial score (nSPS) is 11.6. The highest BCUT2D eigenvalue weighted by molar-refractivity contribution is 6.04. The first-order chi connectivity index (χ1) is 13.6. The van der Waals surface area contributed by atoms with Crippen LogP contribution in [0.1, 0.15) is 15.9 Å². The van der Waals surface area contributed by atoms with E-state index in [1.807, 2.05) is 18.2 Å². The Morgan fingerprint density at radius 1 is 1.07 bits per heavy atom. The molecule has 0 fully saturated rings.